The van der Waals surface area contributed by atoms with Gasteiger partial charge in [-0.15, -0.1) is 0 Å². The fraction of sp³-hybridized carbons (Fsp3) is 0.368. The van der Waals surface area contributed by atoms with Crippen LogP contribution in [-0.2, 0) is 12.8 Å². The lowest BCUT2D eigenvalue weighted by Gasteiger charge is -2.14. The Labute approximate surface area is 127 Å². The molecule has 2 nitrogen and oxygen atoms in total. The van der Waals surface area contributed by atoms with Crippen LogP contribution in [0.2, 0.25) is 0 Å². The molecule has 1 atom stereocenters. The molecule has 1 unspecified atom stereocenters. The molecule has 0 aliphatic rings. The molecule has 0 fully saturated rings. The Kier molecular flexibility index (Phi) is 5.40. The molecule has 21 heavy (non-hydrogen) atoms. The Hall–Kier alpha value is -1.80. The normalized spacial score (nSPS) is 12.2. The van der Waals surface area contributed by atoms with Gasteiger partial charge < -0.3 is 10.5 Å². The van der Waals surface area contributed by atoms with Crippen molar-refractivity contribution < 1.29 is 4.74 Å². The van der Waals surface area contributed by atoms with Gasteiger partial charge in [-0.25, -0.2) is 0 Å². The standard InChI is InChI=1S/C19H25NO/c1-4-15-5-7-16(8-6-15)9-11-18(20)17-10-12-19(21-3)14(2)13-17/h5-8,10,12-13,18H,4,9,11,20H2,1-3H3. The van der Waals surface area contributed by atoms with Gasteiger partial charge >= 0.3 is 0 Å². The number of hydrogen-bond acceptors (Lipinski definition) is 2. The van der Waals surface area contributed by atoms with Crippen LogP contribution in [0.3, 0.4) is 0 Å². The smallest absolute Gasteiger partial charge is 0.121 e. The molecule has 2 aromatic carbocycles. The molecule has 0 aliphatic carbocycles. The van der Waals surface area contributed by atoms with Crippen LogP contribution in [0.5, 0.6) is 5.75 Å². The number of benzene rings is 2. The number of aryl methyl sites for hydroxylation is 3. The largest absolute Gasteiger partial charge is 0.496 e. The number of rotatable bonds is 6. The van der Waals surface area contributed by atoms with Crippen molar-refractivity contribution in [2.45, 2.75) is 39.2 Å². The summed E-state index contributed by atoms with van der Waals surface area (Å²) < 4.78 is 5.29. The average Bonchev–Trinajstić information content (AvgIpc) is 2.53. The summed E-state index contributed by atoms with van der Waals surface area (Å²) in [6.45, 7) is 4.23. The zero-order chi connectivity index (χ0) is 15.2. The Morgan fingerprint density at radius 2 is 1.71 bits per heavy atom. The summed E-state index contributed by atoms with van der Waals surface area (Å²) in [4.78, 5) is 0. The summed E-state index contributed by atoms with van der Waals surface area (Å²) in [5, 5.41) is 0. The highest BCUT2D eigenvalue weighted by molar-refractivity contribution is 5.37. The minimum atomic E-state index is 0.0699. The second-order valence-corrected chi connectivity index (χ2v) is 5.54. The first-order valence-electron chi connectivity index (χ1n) is 7.62. The summed E-state index contributed by atoms with van der Waals surface area (Å²) in [7, 11) is 1.70. The molecule has 0 aromatic heterocycles. The van der Waals surface area contributed by atoms with E-state index in [1.54, 1.807) is 7.11 Å². The first kappa shape index (κ1) is 15.6. The maximum Gasteiger partial charge on any atom is 0.121 e. The van der Waals surface area contributed by atoms with Crippen molar-refractivity contribution in [2.75, 3.05) is 7.11 Å². The van der Waals surface area contributed by atoms with Gasteiger partial charge in [-0.05, 0) is 54.5 Å². The van der Waals surface area contributed by atoms with Crippen molar-refractivity contribution in [3.8, 4) is 5.75 Å². The number of hydrogen-bond donors (Lipinski definition) is 1. The minimum Gasteiger partial charge on any atom is -0.496 e. The van der Waals surface area contributed by atoms with Crippen molar-refractivity contribution in [2.24, 2.45) is 5.73 Å². The molecule has 2 N–H and O–H groups in total. The van der Waals surface area contributed by atoms with E-state index in [1.165, 1.54) is 16.7 Å². The molecule has 0 saturated carbocycles. The fourth-order valence-corrected chi connectivity index (χ4v) is 2.56. The summed E-state index contributed by atoms with van der Waals surface area (Å²) in [6, 6.07) is 15.1. The quantitative estimate of drug-likeness (QED) is 0.862. The molecule has 0 radical (unpaired) electrons. The lowest BCUT2D eigenvalue weighted by atomic mass is 9.97. The fourth-order valence-electron chi connectivity index (χ4n) is 2.56. The highest BCUT2D eigenvalue weighted by atomic mass is 16.5. The number of nitrogens with two attached hydrogens (primary N) is 1. The van der Waals surface area contributed by atoms with Gasteiger partial charge in [0.25, 0.3) is 0 Å². The Morgan fingerprint density at radius 1 is 1.05 bits per heavy atom. The molecule has 0 aliphatic heterocycles. The summed E-state index contributed by atoms with van der Waals surface area (Å²) in [6.07, 6.45) is 3.05. The van der Waals surface area contributed by atoms with Gasteiger partial charge in [-0.2, -0.15) is 0 Å². The van der Waals surface area contributed by atoms with Gasteiger partial charge in [-0.1, -0.05) is 43.3 Å². The van der Waals surface area contributed by atoms with E-state index in [0.29, 0.717) is 0 Å². The van der Waals surface area contributed by atoms with Crippen LogP contribution < -0.4 is 10.5 Å². The lowest BCUT2D eigenvalue weighted by Crippen LogP contribution is -2.11. The summed E-state index contributed by atoms with van der Waals surface area (Å²) in [5.41, 5.74) is 11.4. The molecule has 0 bridgehead atoms. The predicted octanol–water partition coefficient (Wildman–Crippen LogP) is 4.20. The predicted molar refractivity (Wildman–Crippen MR) is 88.8 cm³/mol. The van der Waals surface area contributed by atoms with E-state index in [4.69, 9.17) is 10.5 Å². The van der Waals surface area contributed by atoms with Crippen LogP contribution in [0, 0.1) is 6.92 Å². The van der Waals surface area contributed by atoms with E-state index in [2.05, 4.69) is 50.2 Å². The van der Waals surface area contributed by atoms with Crippen LogP contribution in [-0.4, -0.2) is 7.11 Å². The third-order valence-electron chi connectivity index (χ3n) is 4.02. The summed E-state index contributed by atoms with van der Waals surface area (Å²) in [5.74, 6) is 0.918. The molecule has 2 aromatic rings. The topological polar surface area (TPSA) is 35.2 Å². The number of ether oxygens (including phenoxy) is 1. The van der Waals surface area contributed by atoms with Gasteiger partial charge in [-0.3, -0.25) is 0 Å². The zero-order valence-electron chi connectivity index (χ0n) is 13.2. The maximum absolute atomic E-state index is 6.32. The first-order valence-corrected chi connectivity index (χ1v) is 7.62. The maximum atomic E-state index is 6.32. The van der Waals surface area contributed by atoms with Crippen molar-refractivity contribution in [3.63, 3.8) is 0 Å². The van der Waals surface area contributed by atoms with Crippen molar-refractivity contribution in [1.82, 2.24) is 0 Å². The lowest BCUT2D eigenvalue weighted by molar-refractivity contribution is 0.411. The Bertz CT molecular complexity index is 575. The van der Waals surface area contributed by atoms with Crippen LogP contribution in [0.25, 0.3) is 0 Å². The molecule has 2 heteroatoms. The highest BCUT2D eigenvalue weighted by Crippen LogP contribution is 2.24. The van der Waals surface area contributed by atoms with Gasteiger partial charge in [0.15, 0.2) is 0 Å². The minimum absolute atomic E-state index is 0.0699. The third kappa shape index (κ3) is 4.08. The van der Waals surface area contributed by atoms with E-state index >= 15 is 0 Å². The van der Waals surface area contributed by atoms with E-state index < -0.39 is 0 Å². The second kappa shape index (κ2) is 7.28. The SMILES string of the molecule is CCc1ccc(CCC(N)c2ccc(OC)c(C)c2)cc1. The van der Waals surface area contributed by atoms with E-state index in [1.807, 2.05) is 6.07 Å². The van der Waals surface area contributed by atoms with Crippen molar-refractivity contribution in [3.05, 3.63) is 64.7 Å². The van der Waals surface area contributed by atoms with Crippen LogP contribution in [0.15, 0.2) is 42.5 Å². The van der Waals surface area contributed by atoms with Gasteiger partial charge in [0.1, 0.15) is 5.75 Å². The van der Waals surface area contributed by atoms with Crippen LogP contribution in [0.4, 0.5) is 0 Å². The zero-order valence-corrected chi connectivity index (χ0v) is 13.2. The van der Waals surface area contributed by atoms with Gasteiger partial charge in [0.2, 0.25) is 0 Å². The molecular formula is C19H25NO. The monoisotopic (exact) mass is 283 g/mol. The number of methoxy groups -OCH3 is 1. The Balaban J connectivity index is 1.97. The molecule has 2 rings (SSSR count). The van der Waals surface area contributed by atoms with Gasteiger partial charge in [0, 0.05) is 6.04 Å². The average molecular weight is 283 g/mol. The van der Waals surface area contributed by atoms with Gasteiger partial charge in [0.05, 0.1) is 7.11 Å². The second-order valence-electron chi connectivity index (χ2n) is 5.54. The van der Waals surface area contributed by atoms with E-state index in [9.17, 15) is 0 Å². The molecule has 0 spiro atoms. The van der Waals surface area contributed by atoms with Crippen molar-refractivity contribution in [1.29, 1.82) is 0 Å². The van der Waals surface area contributed by atoms with Crippen LogP contribution in [0.1, 0.15) is 41.6 Å². The van der Waals surface area contributed by atoms with E-state index in [0.717, 1.165) is 30.6 Å². The highest BCUT2D eigenvalue weighted by Gasteiger charge is 2.08. The van der Waals surface area contributed by atoms with Crippen LogP contribution >= 0.6 is 0 Å². The van der Waals surface area contributed by atoms with Crippen molar-refractivity contribution >= 4 is 0 Å². The van der Waals surface area contributed by atoms with E-state index in [-0.39, 0.29) is 6.04 Å². The summed E-state index contributed by atoms with van der Waals surface area (Å²) >= 11 is 0. The Morgan fingerprint density at radius 3 is 2.29 bits per heavy atom. The molecule has 0 heterocycles. The molecular weight excluding hydrogens is 258 g/mol. The molecule has 0 saturated heterocycles. The third-order valence-corrected chi connectivity index (χ3v) is 4.02. The molecule has 112 valence electrons. The molecule has 0 amide bonds. The first-order chi connectivity index (χ1) is 10.1.